The van der Waals surface area contributed by atoms with Crippen molar-refractivity contribution in [3.8, 4) is 0 Å². The predicted octanol–water partition coefficient (Wildman–Crippen LogP) is -0.564. The number of carboxylic acids is 2. The Morgan fingerprint density at radius 2 is 1.67 bits per heavy atom. The van der Waals surface area contributed by atoms with Gasteiger partial charge < -0.3 is 15.5 Å². The van der Waals surface area contributed by atoms with Gasteiger partial charge >= 0.3 is 11.9 Å². The maximum Gasteiger partial charge on any atom is 0.326 e. The zero-order valence-corrected chi connectivity index (χ0v) is 10.7. The molecule has 3 N–H and O–H groups in total. The van der Waals surface area contributed by atoms with Crippen molar-refractivity contribution >= 4 is 17.8 Å². The van der Waals surface area contributed by atoms with Gasteiger partial charge in [-0.3, -0.25) is 9.59 Å². The van der Waals surface area contributed by atoms with Crippen LogP contribution in [0.2, 0.25) is 0 Å². The van der Waals surface area contributed by atoms with Crippen LogP contribution in [0.25, 0.3) is 0 Å². The SMILES string of the molecule is CC(=O)NC(CCC(=O)O)C(=O)O.[Ag].[Ag]. The first-order chi connectivity index (χ1) is 5.93. The fourth-order valence-corrected chi connectivity index (χ4v) is 0.771. The molecule has 96 valence electrons. The molecule has 0 aromatic carbocycles. The molecule has 0 aliphatic rings. The van der Waals surface area contributed by atoms with Gasteiger partial charge in [-0.15, -0.1) is 0 Å². The molecule has 0 saturated heterocycles. The number of carboxylic acid groups (broad SMARTS) is 2. The Kier molecular flexibility index (Phi) is 14.1. The van der Waals surface area contributed by atoms with Crippen LogP contribution < -0.4 is 5.32 Å². The second-order valence-corrected chi connectivity index (χ2v) is 2.52. The minimum atomic E-state index is -1.23. The van der Waals surface area contributed by atoms with Gasteiger partial charge in [0.15, 0.2) is 0 Å². The Balaban J connectivity index is -0.000000720. The summed E-state index contributed by atoms with van der Waals surface area (Å²) in [5.74, 6) is -2.80. The Bertz CT molecular complexity index is 233. The largest absolute Gasteiger partial charge is 0.481 e. The van der Waals surface area contributed by atoms with Crippen LogP contribution in [0.5, 0.6) is 0 Å². The van der Waals surface area contributed by atoms with Gasteiger partial charge in [0, 0.05) is 58.1 Å². The van der Waals surface area contributed by atoms with E-state index in [1.54, 1.807) is 0 Å². The van der Waals surface area contributed by atoms with Crippen LogP contribution in [0.3, 0.4) is 0 Å². The van der Waals surface area contributed by atoms with Gasteiger partial charge in [-0.1, -0.05) is 0 Å². The minimum Gasteiger partial charge on any atom is -0.481 e. The second kappa shape index (κ2) is 10.4. The summed E-state index contributed by atoms with van der Waals surface area (Å²) < 4.78 is 0. The van der Waals surface area contributed by atoms with Gasteiger partial charge in [0.2, 0.25) is 5.91 Å². The molecule has 0 fully saturated rings. The van der Waals surface area contributed by atoms with Crippen molar-refractivity contribution in [2.45, 2.75) is 25.8 Å². The van der Waals surface area contributed by atoms with E-state index < -0.39 is 23.9 Å². The zero-order valence-electron chi connectivity index (χ0n) is 7.71. The van der Waals surface area contributed by atoms with Crippen molar-refractivity contribution in [2.24, 2.45) is 0 Å². The maximum absolute atomic E-state index is 10.5. The van der Waals surface area contributed by atoms with E-state index >= 15 is 0 Å². The molecule has 0 aliphatic carbocycles. The van der Waals surface area contributed by atoms with E-state index in [0.29, 0.717) is 0 Å². The van der Waals surface area contributed by atoms with Crippen molar-refractivity contribution in [3.63, 3.8) is 0 Å². The molecule has 1 atom stereocenters. The third-order valence-corrected chi connectivity index (χ3v) is 1.32. The quantitative estimate of drug-likeness (QED) is 0.533. The third kappa shape index (κ3) is 11.8. The van der Waals surface area contributed by atoms with Crippen molar-refractivity contribution in [1.82, 2.24) is 5.32 Å². The fraction of sp³-hybridized carbons (Fsp3) is 0.571. The van der Waals surface area contributed by atoms with E-state index in [9.17, 15) is 14.4 Å². The molecule has 2 radical (unpaired) electrons. The number of carbonyl (C=O) groups is 3. The van der Waals surface area contributed by atoms with Crippen LogP contribution in [0.15, 0.2) is 0 Å². The van der Waals surface area contributed by atoms with Gasteiger partial charge in [-0.05, 0) is 6.42 Å². The van der Waals surface area contributed by atoms with Crippen LogP contribution in [-0.4, -0.2) is 34.1 Å². The summed E-state index contributed by atoms with van der Waals surface area (Å²) in [6.07, 6.45) is -0.387. The number of rotatable bonds is 5. The summed E-state index contributed by atoms with van der Waals surface area (Å²) in [6, 6.07) is -1.12. The first-order valence-electron chi connectivity index (χ1n) is 3.65. The van der Waals surface area contributed by atoms with E-state index in [1.807, 2.05) is 0 Å². The van der Waals surface area contributed by atoms with Gasteiger partial charge in [-0.2, -0.15) is 0 Å². The predicted molar refractivity (Wildman–Crippen MR) is 42.1 cm³/mol. The van der Waals surface area contributed by atoms with E-state index in [0.717, 1.165) is 0 Å². The molecule has 15 heavy (non-hydrogen) atoms. The minimum absolute atomic E-state index is 0. The molecule has 8 heteroatoms. The van der Waals surface area contributed by atoms with Gasteiger partial charge in [0.1, 0.15) is 6.04 Å². The monoisotopic (exact) mass is 403 g/mol. The van der Waals surface area contributed by atoms with E-state index in [-0.39, 0.29) is 57.6 Å². The van der Waals surface area contributed by atoms with Crippen molar-refractivity contribution in [2.75, 3.05) is 0 Å². The van der Waals surface area contributed by atoms with Crippen LogP contribution in [-0.2, 0) is 59.1 Å². The Hall–Kier alpha value is -0.109. The zero-order chi connectivity index (χ0) is 10.4. The molecule has 0 spiro atoms. The van der Waals surface area contributed by atoms with Gasteiger partial charge in [-0.25, -0.2) is 4.79 Å². The van der Waals surface area contributed by atoms with Crippen molar-refractivity contribution in [1.29, 1.82) is 0 Å². The number of amides is 1. The smallest absolute Gasteiger partial charge is 0.326 e. The first kappa shape index (κ1) is 20.3. The summed E-state index contributed by atoms with van der Waals surface area (Å²) >= 11 is 0. The topological polar surface area (TPSA) is 104 Å². The first-order valence-corrected chi connectivity index (χ1v) is 3.65. The molecule has 0 aliphatic heterocycles. The molecule has 0 heterocycles. The van der Waals surface area contributed by atoms with Crippen LogP contribution in [0, 0.1) is 0 Å². The van der Waals surface area contributed by atoms with E-state index in [4.69, 9.17) is 10.2 Å². The molecular formula is C7H11Ag2NO5. The normalized spacial score (nSPS) is 10.2. The van der Waals surface area contributed by atoms with E-state index in [2.05, 4.69) is 5.32 Å². The van der Waals surface area contributed by atoms with Gasteiger partial charge in [0.05, 0.1) is 0 Å². The number of hydrogen-bond donors (Lipinski definition) is 3. The van der Waals surface area contributed by atoms with E-state index in [1.165, 1.54) is 6.92 Å². The molecule has 0 saturated carbocycles. The molecule has 6 nitrogen and oxygen atoms in total. The average Bonchev–Trinajstić information content (AvgIpc) is 1.96. The Labute approximate surface area is 118 Å². The average molecular weight is 405 g/mol. The molecule has 0 aromatic heterocycles. The molecule has 0 aromatic rings. The molecular weight excluding hydrogens is 394 g/mol. The van der Waals surface area contributed by atoms with Crippen LogP contribution in [0.4, 0.5) is 0 Å². The summed E-state index contributed by atoms with van der Waals surface area (Å²) in [4.78, 5) is 31.0. The standard InChI is InChI=1S/C7H11NO5.2Ag/c1-4(9)8-5(7(12)13)2-3-6(10)11;;/h5H,2-3H2,1H3,(H,8,9)(H,10,11)(H,12,13);;. The number of hydrogen-bond acceptors (Lipinski definition) is 3. The number of aliphatic carboxylic acids is 2. The number of carbonyl (C=O) groups excluding carboxylic acids is 1. The van der Waals surface area contributed by atoms with Crippen molar-refractivity contribution in [3.05, 3.63) is 0 Å². The summed E-state index contributed by atoms with van der Waals surface area (Å²) in [5, 5.41) is 18.9. The Morgan fingerprint density at radius 3 is 1.93 bits per heavy atom. The van der Waals surface area contributed by atoms with Crippen LogP contribution in [0.1, 0.15) is 19.8 Å². The maximum atomic E-state index is 10.5. The summed E-state index contributed by atoms with van der Waals surface area (Å²) in [7, 11) is 0. The second-order valence-electron chi connectivity index (χ2n) is 2.52. The summed E-state index contributed by atoms with van der Waals surface area (Å²) in [5.41, 5.74) is 0. The molecule has 1 amide bonds. The molecule has 1 unspecified atom stereocenters. The number of nitrogens with one attached hydrogen (secondary N) is 1. The van der Waals surface area contributed by atoms with Gasteiger partial charge in [0.25, 0.3) is 0 Å². The Morgan fingerprint density at radius 1 is 1.20 bits per heavy atom. The third-order valence-electron chi connectivity index (χ3n) is 1.32. The fourth-order valence-electron chi connectivity index (χ4n) is 0.771. The van der Waals surface area contributed by atoms with Crippen molar-refractivity contribution < 1.29 is 69.4 Å². The summed E-state index contributed by atoms with van der Waals surface area (Å²) in [6.45, 7) is 1.18. The molecule has 0 rings (SSSR count). The van der Waals surface area contributed by atoms with Crippen LogP contribution >= 0.6 is 0 Å². The molecule has 0 bridgehead atoms.